The van der Waals surface area contributed by atoms with Gasteiger partial charge < -0.3 is 0 Å². The molecule has 0 amide bonds. The number of rotatable bonds is 12. The van der Waals surface area contributed by atoms with Crippen molar-refractivity contribution in [3.8, 4) is 11.8 Å². The van der Waals surface area contributed by atoms with E-state index in [2.05, 4.69) is 32.6 Å². The van der Waals surface area contributed by atoms with E-state index in [0.717, 1.165) is 31.6 Å². The van der Waals surface area contributed by atoms with Crippen molar-refractivity contribution in [3.05, 3.63) is 13.8 Å². The Labute approximate surface area is 122 Å². The predicted octanol–water partition coefficient (Wildman–Crippen LogP) is 6.37. The van der Waals surface area contributed by atoms with Gasteiger partial charge in [0.25, 0.3) is 0 Å². The second kappa shape index (κ2) is 15.6. The molecule has 1 atom stereocenters. The maximum absolute atomic E-state index is 3.89. The summed E-state index contributed by atoms with van der Waals surface area (Å²) in [5.41, 5.74) is 0. The van der Waals surface area contributed by atoms with Crippen LogP contribution < -0.4 is 0 Å². The van der Waals surface area contributed by atoms with Crippen LogP contribution in [0.3, 0.4) is 0 Å². The number of unbranched alkanes of at least 4 members (excludes halogenated alkanes) is 8. The first-order valence-electron chi connectivity index (χ1n) is 8.35. The monoisotopic (exact) mass is 262 g/mol. The minimum absolute atomic E-state index is 0.823. The predicted molar refractivity (Wildman–Crippen MR) is 87.7 cm³/mol. The van der Waals surface area contributed by atoms with Gasteiger partial charge in [-0.05, 0) is 18.8 Å². The zero-order valence-corrected chi connectivity index (χ0v) is 13.2. The Morgan fingerprint density at radius 2 is 1.26 bits per heavy atom. The van der Waals surface area contributed by atoms with Crippen molar-refractivity contribution in [2.75, 3.05) is 0 Å². The molecule has 0 aliphatic carbocycles. The van der Waals surface area contributed by atoms with E-state index in [1.165, 1.54) is 57.8 Å². The van der Waals surface area contributed by atoms with E-state index in [1.807, 2.05) is 0 Å². The van der Waals surface area contributed by atoms with E-state index in [4.69, 9.17) is 0 Å². The minimum atomic E-state index is 0.823. The molecular formula is C19H34. The van der Waals surface area contributed by atoms with Crippen LogP contribution >= 0.6 is 0 Å². The summed E-state index contributed by atoms with van der Waals surface area (Å²) < 4.78 is 0. The highest BCUT2D eigenvalue weighted by Crippen LogP contribution is 2.13. The molecule has 0 aliphatic heterocycles. The molecule has 0 aromatic rings. The Balaban J connectivity index is 3.22. The van der Waals surface area contributed by atoms with Gasteiger partial charge in [0.2, 0.25) is 0 Å². The van der Waals surface area contributed by atoms with Gasteiger partial charge in [-0.1, -0.05) is 78.6 Å². The highest BCUT2D eigenvalue weighted by atomic mass is 14.0. The SMILES string of the molecule is [CH2]CCCCCCCCC#CCCC(C)CCC[CH2]. The molecule has 0 saturated carbocycles. The lowest BCUT2D eigenvalue weighted by Gasteiger charge is -2.07. The Morgan fingerprint density at radius 1 is 0.684 bits per heavy atom. The van der Waals surface area contributed by atoms with E-state index in [9.17, 15) is 0 Å². The Morgan fingerprint density at radius 3 is 1.95 bits per heavy atom. The van der Waals surface area contributed by atoms with Gasteiger partial charge in [-0.3, -0.25) is 0 Å². The second-order valence-corrected chi connectivity index (χ2v) is 5.72. The lowest BCUT2D eigenvalue weighted by Crippen LogP contribution is -1.93. The van der Waals surface area contributed by atoms with Crippen molar-refractivity contribution in [1.82, 2.24) is 0 Å². The van der Waals surface area contributed by atoms with Crippen molar-refractivity contribution in [1.29, 1.82) is 0 Å². The van der Waals surface area contributed by atoms with Crippen LogP contribution in [0.2, 0.25) is 0 Å². The first-order valence-corrected chi connectivity index (χ1v) is 8.35. The average molecular weight is 262 g/mol. The van der Waals surface area contributed by atoms with E-state index in [0.29, 0.717) is 0 Å². The second-order valence-electron chi connectivity index (χ2n) is 5.72. The molecule has 1 unspecified atom stereocenters. The molecule has 0 N–H and O–H groups in total. The summed E-state index contributed by atoms with van der Waals surface area (Å²) >= 11 is 0. The average Bonchev–Trinajstić information content (AvgIpc) is 2.42. The molecule has 0 spiro atoms. The summed E-state index contributed by atoms with van der Waals surface area (Å²) in [4.78, 5) is 0. The van der Waals surface area contributed by atoms with E-state index in [1.54, 1.807) is 0 Å². The van der Waals surface area contributed by atoms with Crippen molar-refractivity contribution in [2.45, 2.75) is 90.4 Å². The first kappa shape index (κ1) is 18.6. The molecule has 0 aromatic heterocycles. The molecule has 0 aromatic carbocycles. The standard InChI is InChI=1S/C19H34/c1-4-6-8-9-10-11-12-13-14-15-16-18-19(3)17-7-5-2/h19H,1-2,4-13,16-18H2,3H3. The van der Waals surface area contributed by atoms with Crippen LogP contribution in [0.15, 0.2) is 0 Å². The van der Waals surface area contributed by atoms with E-state index < -0.39 is 0 Å². The van der Waals surface area contributed by atoms with Crippen LogP contribution in [0.4, 0.5) is 0 Å². The quantitative estimate of drug-likeness (QED) is 0.283. The van der Waals surface area contributed by atoms with Gasteiger partial charge in [0.05, 0.1) is 0 Å². The fraction of sp³-hybridized carbons (Fsp3) is 0.789. The highest BCUT2D eigenvalue weighted by Gasteiger charge is 1.98. The number of hydrogen-bond acceptors (Lipinski definition) is 0. The smallest absolute Gasteiger partial charge is 0.00912 e. The van der Waals surface area contributed by atoms with Crippen LogP contribution in [0.5, 0.6) is 0 Å². The third kappa shape index (κ3) is 15.5. The van der Waals surface area contributed by atoms with Crippen LogP contribution in [0, 0.1) is 31.6 Å². The first-order chi connectivity index (χ1) is 9.31. The number of hydrogen-bond donors (Lipinski definition) is 0. The summed E-state index contributed by atoms with van der Waals surface area (Å²) in [5.74, 6) is 7.48. The van der Waals surface area contributed by atoms with Crippen LogP contribution in [-0.2, 0) is 0 Å². The van der Waals surface area contributed by atoms with Gasteiger partial charge in [-0.25, -0.2) is 0 Å². The van der Waals surface area contributed by atoms with Crippen molar-refractivity contribution >= 4 is 0 Å². The Kier molecular flexibility index (Phi) is 15.3. The highest BCUT2D eigenvalue weighted by molar-refractivity contribution is 4.98. The normalized spacial score (nSPS) is 11.9. The van der Waals surface area contributed by atoms with Crippen molar-refractivity contribution in [3.63, 3.8) is 0 Å². The summed E-state index contributed by atoms with van der Waals surface area (Å²) in [6, 6.07) is 0. The van der Waals surface area contributed by atoms with Crippen molar-refractivity contribution in [2.24, 2.45) is 5.92 Å². The summed E-state index contributed by atoms with van der Waals surface area (Å²) in [7, 11) is 0. The molecule has 0 heteroatoms. The van der Waals surface area contributed by atoms with Crippen LogP contribution in [0.1, 0.15) is 90.4 Å². The van der Waals surface area contributed by atoms with Gasteiger partial charge in [-0.2, -0.15) is 0 Å². The third-order valence-electron chi connectivity index (χ3n) is 3.64. The van der Waals surface area contributed by atoms with Crippen LogP contribution in [0.25, 0.3) is 0 Å². The molecule has 0 bridgehead atoms. The van der Waals surface area contributed by atoms with Gasteiger partial charge in [-0.15, -0.1) is 11.8 Å². The van der Waals surface area contributed by atoms with Gasteiger partial charge in [0.15, 0.2) is 0 Å². The molecule has 2 radical (unpaired) electrons. The largest absolute Gasteiger partial charge is 0.103 e. The molecule has 0 heterocycles. The summed E-state index contributed by atoms with van der Waals surface area (Å²) in [5, 5.41) is 0. The van der Waals surface area contributed by atoms with Gasteiger partial charge >= 0.3 is 0 Å². The summed E-state index contributed by atoms with van der Waals surface area (Å²) in [6.07, 6.45) is 16.3. The Hall–Kier alpha value is -0.440. The van der Waals surface area contributed by atoms with Crippen LogP contribution in [-0.4, -0.2) is 0 Å². The molecule has 0 aliphatic rings. The van der Waals surface area contributed by atoms with E-state index >= 15 is 0 Å². The lowest BCUT2D eigenvalue weighted by atomic mass is 9.99. The minimum Gasteiger partial charge on any atom is -0.103 e. The summed E-state index contributed by atoms with van der Waals surface area (Å²) in [6.45, 7) is 10.1. The van der Waals surface area contributed by atoms with Gasteiger partial charge in [0, 0.05) is 12.8 Å². The zero-order valence-electron chi connectivity index (χ0n) is 13.2. The fourth-order valence-electron chi connectivity index (χ4n) is 2.23. The maximum atomic E-state index is 3.89. The fourth-order valence-corrected chi connectivity index (χ4v) is 2.23. The van der Waals surface area contributed by atoms with Crippen molar-refractivity contribution < 1.29 is 0 Å². The Bertz CT molecular complexity index is 218. The molecule has 0 rings (SSSR count). The maximum Gasteiger partial charge on any atom is 0.00912 e. The van der Waals surface area contributed by atoms with Gasteiger partial charge in [0.1, 0.15) is 0 Å². The van der Waals surface area contributed by atoms with E-state index in [-0.39, 0.29) is 0 Å². The lowest BCUT2D eigenvalue weighted by molar-refractivity contribution is 0.483. The molecule has 0 fully saturated rings. The molecule has 19 heavy (non-hydrogen) atoms. The molecule has 0 nitrogen and oxygen atoms in total. The zero-order chi connectivity index (χ0) is 14.2. The molecule has 0 saturated heterocycles. The third-order valence-corrected chi connectivity index (χ3v) is 3.64. The molecular weight excluding hydrogens is 228 g/mol. The topological polar surface area (TPSA) is 0 Å². The molecule has 110 valence electrons.